The van der Waals surface area contributed by atoms with Crippen molar-refractivity contribution in [2.45, 2.75) is 42.6 Å². The molecule has 14 heavy (non-hydrogen) atoms. The topological polar surface area (TPSA) is 32.3 Å². The first kappa shape index (κ1) is 10.4. The molecule has 2 rings (SSSR count). The average molecular weight is 237 g/mol. The lowest BCUT2D eigenvalue weighted by Crippen LogP contribution is -2.46. The smallest absolute Gasteiger partial charge is 0.318 e. The number of hydrogen-bond acceptors (Lipinski definition) is 1. The lowest BCUT2D eigenvalue weighted by atomic mass is 9.90. The summed E-state index contributed by atoms with van der Waals surface area (Å²) in [5, 5.41) is 2.92. The van der Waals surface area contributed by atoms with Gasteiger partial charge in [0.05, 0.1) is 22.8 Å². The van der Waals surface area contributed by atoms with Crippen molar-refractivity contribution in [2.75, 3.05) is 6.54 Å². The number of halogens is 2. The van der Waals surface area contributed by atoms with Crippen molar-refractivity contribution in [1.29, 1.82) is 0 Å². The molecule has 1 N–H and O–H groups in total. The number of alkyl halides is 2. The number of nitrogens with zero attached hydrogens (tertiary/aromatic N) is 1. The van der Waals surface area contributed by atoms with E-state index in [4.69, 9.17) is 23.2 Å². The monoisotopic (exact) mass is 236 g/mol. The number of fused-ring (bicyclic) bond motifs is 1. The van der Waals surface area contributed by atoms with Gasteiger partial charge in [-0.25, -0.2) is 4.79 Å². The van der Waals surface area contributed by atoms with Crippen molar-refractivity contribution < 1.29 is 4.79 Å². The highest BCUT2D eigenvalue weighted by molar-refractivity contribution is 6.30. The Kier molecular flexibility index (Phi) is 2.80. The molecule has 1 aliphatic carbocycles. The highest BCUT2D eigenvalue weighted by Gasteiger charge is 2.44. The summed E-state index contributed by atoms with van der Waals surface area (Å²) in [6.45, 7) is 2.72. The van der Waals surface area contributed by atoms with Crippen LogP contribution in [0.5, 0.6) is 0 Å². The molecule has 0 aromatic carbocycles. The Morgan fingerprint density at radius 1 is 1.43 bits per heavy atom. The second kappa shape index (κ2) is 3.78. The maximum atomic E-state index is 11.5. The third-order valence-electron chi connectivity index (χ3n) is 3.11. The molecule has 2 fully saturated rings. The lowest BCUT2D eigenvalue weighted by molar-refractivity contribution is 0.196. The van der Waals surface area contributed by atoms with Gasteiger partial charge in [0.25, 0.3) is 0 Å². The largest absolute Gasteiger partial charge is 0.333 e. The van der Waals surface area contributed by atoms with Crippen molar-refractivity contribution >= 4 is 29.2 Å². The third kappa shape index (κ3) is 1.57. The van der Waals surface area contributed by atoms with Crippen LogP contribution in [0.2, 0.25) is 0 Å². The van der Waals surface area contributed by atoms with Gasteiger partial charge in [0.15, 0.2) is 0 Å². The zero-order chi connectivity index (χ0) is 10.3. The van der Waals surface area contributed by atoms with E-state index >= 15 is 0 Å². The van der Waals surface area contributed by atoms with Crippen LogP contribution in [0.3, 0.4) is 0 Å². The first-order valence-electron chi connectivity index (χ1n) is 4.98. The predicted molar refractivity (Wildman–Crippen MR) is 57.0 cm³/mol. The molecule has 1 heterocycles. The van der Waals surface area contributed by atoms with E-state index in [9.17, 15) is 4.79 Å². The molecule has 1 aliphatic heterocycles. The number of nitrogens with one attached hydrogen (secondary N) is 1. The fourth-order valence-electron chi connectivity index (χ4n) is 2.36. The second-order valence-electron chi connectivity index (χ2n) is 3.91. The third-order valence-corrected chi connectivity index (χ3v) is 4.21. The van der Waals surface area contributed by atoms with Crippen LogP contribution in [-0.4, -0.2) is 40.3 Å². The van der Waals surface area contributed by atoms with Crippen molar-refractivity contribution in [3.63, 3.8) is 0 Å². The Balaban J connectivity index is 2.12. The molecule has 0 radical (unpaired) electrons. The van der Waals surface area contributed by atoms with E-state index < -0.39 is 0 Å². The highest BCUT2D eigenvalue weighted by atomic mass is 35.5. The number of rotatable bonds is 1. The number of likely N-dealkylation sites (N-methyl/N-ethyl adjacent to an activating group) is 1. The van der Waals surface area contributed by atoms with Gasteiger partial charge in [0.1, 0.15) is 0 Å². The molecule has 0 spiro atoms. The number of carbonyl (C=O) groups excluding carboxylic acids is 1. The molecule has 0 bridgehead atoms. The summed E-state index contributed by atoms with van der Waals surface area (Å²) in [7, 11) is 0. The molecule has 2 amide bonds. The molecule has 4 unspecified atom stereocenters. The van der Waals surface area contributed by atoms with E-state index in [2.05, 4.69) is 5.32 Å². The van der Waals surface area contributed by atoms with Crippen LogP contribution in [0, 0.1) is 0 Å². The lowest BCUT2D eigenvalue weighted by Gasteiger charge is -2.34. The minimum absolute atomic E-state index is 0.0142. The van der Waals surface area contributed by atoms with Gasteiger partial charge < -0.3 is 10.2 Å². The molecule has 0 aromatic heterocycles. The van der Waals surface area contributed by atoms with Gasteiger partial charge in [-0.2, -0.15) is 0 Å². The fraction of sp³-hybridized carbons (Fsp3) is 0.889. The normalized spacial score (nSPS) is 42.2. The van der Waals surface area contributed by atoms with Gasteiger partial charge in [-0.3, -0.25) is 0 Å². The van der Waals surface area contributed by atoms with Crippen LogP contribution < -0.4 is 5.32 Å². The molecule has 80 valence electrons. The average Bonchev–Trinajstić information content (AvgIpc) is 2.42. The molecule has 0 aromatic rings. The highest BCUT2D eigenvalue weighted by Crippen LogP contribution is 2.33. The van der Waals surface area contributed by atoms with Gasteiger partial charge in [-0.05, 0) is 19.8 Å². The Hall–Kier alpha value is -0.150. The Morgan fingerprint density at radius 3 is 2.71 bits per heavy atom. The van der Waals surface area contributed by atoms with Crippen molar-refractivity contribution in [1.82, 2.24) is 10.2 Å². The molecule has 1 saturated heterocycles. The van der Waals surface area contributed by atoms with Crippen molar-refractivity contribution in [3.8, 4) is 0 Å². The van der Waals surface area contributed by atoms with Crippen LogP contribution in [0.4, 0.5) is 4.79 Å². The summed E-state index contributed by atoms with van der Waals surface area (Å²) < 4.78 is 0. The summed E-state index contributed by atoms with van der Waals surface area (Å²) in [5.41, 5.74) is 0. The second-order valence-corrected chi connectivity index (χ2v) is 5.03. The summed E-state index contributed by atoms with van der Waals surface area (Å²) in [6.07, 6.45) is 1.58. The van der Waals surface area contributed by atoms with Crippen LogP contribution >= 0.6 is 23.2 Å². The van der Waals surface area contributed by atoms with Crippen LogP contribution in [0.15, 0.2) is 0 Å². The number of urea groups is 1. The molecule has 2 aliphatic rings. The zero-order valence-electron chi connectivity index (χ0n) is 8.04. The Bertz CT molecular complexity index is 249. The summed E-state index contributed by atoms with van der Waals surface area (Å²) in [5.74, 6) is 0. The predicted octanol–water partition coefficient (Wildman–Crippen LogP) is 1.78. The maximum absolute atomic E-state index is 11.5. The minimum Gasteiger partial charge on any atom is -0.333 e. The number of hydrogen-bond donors (Lipinski definition) is 1. The molecular formula is C9H14Cl2N2O. The van der Waals surface area contributed by atoms with E-state index in [0.717, 1.165) is 19.4 Å². The first-order chi connectivity index (χ1) is 6.63. The summed E-state index contributed by atoms with van der Waals surface area (Å²) in [4.78, 5) is 13.4. The fourth-order valence-corrected chi connectivity index (χ4v) is 2.94. The van der Waals surface area contributed by atoms with E-state index in [0.29, 0.717) is 0 Å². The maximum Gasteiger partial charge on any atom is 0.318 e. The molecule has 3 nitrogen and oxygen atoms in total. The quantitative estimate of drug-likeness (QED) is 0.692. The van der Waals surface area contributed by atoms with E-state index in [1.165, 1.54) is 0 Å². The van der Waals surface area contributed by atoms with E-state index in [1.54, 1.807) is 0 Å². The van der Waals surface area contributed by atoms with Crippen LogP contribution in [0.25, 0.3) is 0 Å². The number of carbonyl (C=O) groups is 1. The van der Waals surface area contributed by atoms with Crippen LogP contribution in [-0.2, 0) is 0 Å². The minimum atomic E-state index is -0.0185. The molecule has 1 saturated carbocycles. The van der Waals surface area contributed by atoms with Gasteiger partial charge in [-0.1, -0.05) is 0 Å². The summed E-state index contributed by atoms with van der Waals surface area (Å²) >= 11 is 12.2. The zero-order valence-corrected chi connectivity index (χ0v) is 9.55. The van der Waals surface area contributed by atoms with Gasteiger partial charge >= 0.3 is 6.03 Å². The SMILES string of the molecule is CCN1C(=O)NC2CC(Cl)C(Cl)CC21. The van der Waals surface area contributed by atoms with Crippen LogP contribution in [0.1, 0.15) is 19.8 Å². The summed E-state index contributed by atoms with van der Waals surface area (Å²) in [6, 6.07) is 0.460. The molecule has 4 atom stereocenters. The van der Waals surface area contributed by atoms with Gasteiger partial charge in [0.2, 0.25) is 0 Å². The van der Waals surface area contributed by atoms with Crippen molar-refractivity contribution in [3.05, 3.63) is 0 Å². The van der Waals surface area contributed by atoms with Gasteiger partial charge in [0, 0.05) is 6.54 Å². The molecule has 5 heteroatoms. The van der Waals surface area contributed by atoms with Crippen molar-refractivity contribution in [2.24, 2.45) is 0 Å². The van der Waals surface area contributed by atoms with Gasteiger partial charge in [-0.15, -0.1) is 23.2 Å². The molecular weight excluding hydrogens is 223 g/mol. The Morgan fingerprint density at radius 2 is 2.07 bits per heavy atom. The Labute approximate surface area is 93.7 Å². The first-order valence-corrected chi connectivity index (χ1v) is 5.86. The number of amides is 2. The standard InChI is InChI=1S/C9H14Cl2N2O/c1-2-13-8-4-6(11)5(10)3-7(8)12-9(13)14/h5-8H,2-4H2,1H3,(H,12,14). The van der Waals surface area contributed by atoms with E-state index in [1.807, 2.05) is 11.8 Å². The van der Waals surface area contributed by atoms with E-state index in [-0.39, 0.29) is 28.9 Å².